The van der Waals surface area contributed by atoms with Crippen LogP contribution in [0.4, 0.5) is 0 Å². The molecular weight excluding hydrogens is 372 g/mol. The standard InChI is InChI=1S/C18H17BrN2O3/c1-20-17(23)14-16(24-10-12-5-3-2-4-6-12)15(22)13(19)9-21(14)11-18(20)7-8-18/h2-6,9H,7-8,10-11H2,1H3. The fourth-order valence-corrected chi connectivity index (χ4v) is 3.68. The van der Waals surface area contributed by atoms with E-state index in [1.165, 1.54) is 0 Å². The Morgan fingerprint density at radius 2 is 1.92 bits per heavy atom. The van der Waals surface area contributed by atoms with Gasteiger partial charge >= 0.3 is 0 Å². The molecule has 0 atom stereocenters. The fourth-order valence-electron chi connectivity index (χ4n) is 3.25. The number of benzene rings is 1. The third kappa shape index (κ3) is 2.36. The van der Waals surface area contributed by atoms with Gasteiger partial charge in [0, 0.05) is 19.8 Å². The zero-order valence-electron chi connectivity index (χ0n) is 13.3. The van der Waals surface area contributed by atoms with Crippen LogP contribution in [0, 0.1) is 0 Å². The lowest BCUT2D eigenvalue weighted by atomic mass is 10.1. The van der Waals surface area contributed by atoms with Crippen LogP contribution in [0.15, 0.2) is 45.8 Å². The second-order valence-electron chi connectivity index (χ2n) is 6.47. The van der Waals surface area contributed by atoms with Crippen LogP contribution in [0.3, 0.4) is 0 Å². The van der Waals surface area contributed by atoms with Crippen molar-refractivity contribution in [2.45, 2.75) is 31.5 Å². The van der Waals surface area contributed by atoms with Crippen molar-refractivity contribution in [1.82, 2.24) is 9.47 Å². The van der Waals surface area contributed by atoms with E-state index >= 15 is 0 Å². The van der Waals surface area contributed by atoms with Crippen LogP contribution in [0.5, 0.6) is 5.75 Å². The zero-order valence-corrected chi connectivity index (χ0v) is 14.9. The van der Waals surface area contributed by atoms with E-state index in [4.69, 9.17) is 4.74 Å². The smallest absolute Gasteiger partial charge is 0.274 e. The zero-order chi connectivity index (χ0) is 16.9. The Balaban J connectivity index is 1.75. The van der Waals surface area contributed by atoms with Gasteiger partial charge in [-0.2, -0.15) is 0 Å². The molecule has 2 aromatic rings. The molecule has 124 valence electrons. The van der Waals surface area contributed by atoms with Crippen LogP contribution in [0.1, 0.15) is 28.9 Å². The number of pyridine rings is 1. The van der Waals surface area contributed by atoms with Crippen molar-refractivity contribution in [1.29, 1.82) is 0 Å². The Labute approximate surface area is 148 Å². The summed E-state index contributed by atoms with van der Waals surface area (Å²) in [4.78, 5) is 27.1. The first kappa shape index (κ1) is 15.4. The van der Waals surface area contributed by atoms with E-state index in [1.54, 1.807) is 11.1 Å². The van der Waals surface area contributed by atoms with E-state index in [1.807, 2.05) is 41.9 Å². The summed E-state index contributed by atoms with van der Waals surface area (Å²) in [5.41, 5.74) is 0.922. The molecule has 0 saturated heterocycles. The number of hydrogen-bond acceptors (Lipinski definition) is 3. The number of ether oxygens (including phenoxy) is 1. The molecule has 1 saturated carbocycles. The molecule has 0 N–H and O–H groups in total. The Hall–Kier alpha value is -2.08. The highest BCUT2D eigenvalue weighted by molar-refractivity contribution is 9.10. The van der Waals surface area contributed by atoms with Crippen molar-refractivity contribution in [3.63, 3.8) is 0 Å². The third-order valence-electron chi connectivity index (χ3n) is 4.93. The molecule has 0 bridgehead atoms. The number of fused-ring (bicyclic) bond motifs is 1. The summed E-state index contributed by atoms with van der Waals surface area (Å²) >= 11 is 3.31. The molecule has 1 aliphatic heterocycles. The van der Waals surface area contributed by atoms with E-state index in [-0.39, 0.29) is 29.2 Å². The Morgan fingerprint density at radius 1 is 1.21 bits per heavy atom. The molecule has 6 heteroatoms. The molecule has 1 amide bonds. The summed E-state index contributed by atoms with van der Waals surface area (Å²) in [5, 5.41) is 0. The highest BCUT2D eigenvalue weighted by Gasteiger charge is 2.52. The molecule has 1 aromatic heterocycles. The van der Waals surface area contributed by atoms with Gasteiger partial charge in [0.2, 0.25) is 5.43 Å². The first-order chi connectivity index (χ1) is 11.5. The summed E-state index contributed by atoms with van der Waals surface area (Å²) in [5.74, 6) is -0.0213. The number of carbonyl (C=O) groups excluding carboxylic acids is 1. The number of rotatable bonds is 3. The highest BCUT2D eigenvalue weighted by Crippen LogP contribution is 2.46. The molecule has 0 radical (unpaired) electrons. The second kappa shape index (κ2) is 5.48. The van der Waals surface area contributed by atoms with Gasteiger partial charge < -0.3 is 14.2 Å². The lowest BCUT2D eigenvalue weighted by Gasteiger charge is -2.36. The number of halogens is 1. The SMILES string of the molecule is CN1C(=O)c2c(OCc3ccccc3)c(=O)c(Br)cn2CC12CC2. The topological polar surface area (TPSA) is 51.5 Å². The van der Waals surface area contributed by atoms with Gasteiger partial charge in [0.1, 0.15) is 6.61 Å². The van der Waals surface area contributed by atoms with Crippen molar-refractivity contribution in [2.24, 2.45) is 0 Å². The lowest BCUT2D eigenvalue weighted by Crippen LogP contribution is -2.48. The van der Waals surface area contributed by atoms with Gasteiger partial charge in [-0.25, -0.2) is 0 Å². The first-order valence-corrected chi connectivity index (χ1v) is 8.69. The average Bonchev–Trinajstić information content (AvgIpc) is 3.35. The minimum atomic E-state index is -0.286. The van der Waals surface area contributed by atoms with Crippen LogP contribution in [0.2, 0.25) is 0 Å². The quantitative estimate of drug-likeness (QED) is 0.812. The van der Waals surface area contributed by atoms with Crippen molar-refractivity contribution < 1.29 is 9.53 Å². The van der Waals surface area contributed by atoms with Crippen LogP contribution in [-0.2, 0) is 13.2 Å². The molecule has 24 heavy (non-hydrogen) atoms. The van der Waals surface area contributed by atoms with Crippen molar-refractivity contribution in [3.8, 4) is 5.75 Å². The molecule has 1 spiro atoms. The normalized spacial score (nSPS) is 17.8. The van der Waals surface area contributed by atoms with E-state index in [9.17, 15) is 9.59 Å². The van der Waals surface area contributed by atoms with E-state index < -0.39 is 0 Å². The summed E-state index contributed by atoms with van der Waals surface area (Å²) in [7, 11) is 1.81. The summed E-state index contributed by atoms with van der Waals surface area (Å²) < 4.78 is 8.08. The largest absolute Gasteiger partial charge is 0.483 e. The maximum atomic E-state index is 12.8. The summed E-state index contributed by atoms with van der Waals surface area (Å²) in [6.07, 6.45) is 3.70. The van der Waals surface area contributed by atoms with Gasteiger partial charge in [-0.15, -0.1) is 0 Å². The number of likely N-dealkylation sites (N-methyl/N-ethyl adjacent to an activating group) is 1. The average molecular weight is 389 g/mol. The number of aromatic nitrogens is 1. The van der Waals surface area contributed by atoms with Crippen molar-refractivity contribution >= 4 is 21.8 Å². The minimum Gasteiger partial charge on any atom is -0.483 e. The molecule has 4 rings (SSSR count). The molecule has 1 aromatic carbocycles. The minimum absolute atomic E-state index is 0.0880. The maximum absolute atomic E-state index is 12.8. The highest BCUT2D eigenvalue weighted by atomic mass is 79.9. The van der Waals surface area contributed by atoms with Gasteiger partial charge in [0.25, 0.3) is 5.91 Å². The molecule has 5 nitrogen and oxygen atoms in total. The predicted octanol–water partition coefficient (Wildman–Crippen LogP) is 2.81. The first-order valence-electron chi connectivity index (χ1n) is 7.90. The van der Waals surface area contributed by atoms with Gasteiger partial charge in [-0.05, 0) is 34.3 Å². The van der Waals surface area contributed by atoms with Gasteiger partial charge in [0.05, 0.1) is 10.0 Å². The maximum Gasteiger partial charge on any atom is 0.274 e. The van der Waals surface area contributed by atoms with E-state index in [2.05, 4.69) is 15.9 Å². The third-order valence-corrected chi connectivity index (χ3v) is 5.50. The van der Waals surface area contributed by atoms with E-state index in [0.717, 1.165) is 18.4 Å². The Morgan fingerprint density at radius 3 is 2.58 bits per heavy atom. The molecule has 2 heterocycles. The number of hydrogen-bond donors (Lipinski definition) is 0. The summed E-state index contributed by atoms with van der Waals surface area (Å²) in [6.45, 7) is 0.951. The Kier molecular flexibility index (Phi) is 3.53. The van der Waals surface area contributed by atoms with Crippen LogP contribution >= 0.6 is 15.9 Å². The van der Waals surface area contributed by atoms with E-state index in [0.29, 0.717) is 16.7 Å². The van der Waals surface area contributed by atoms with Crippen molar-refractivity contribution in [2.75, 3.05) is 7.05 Å². The van der Waals surface area contributed by atoms with Crippen LogP contribution in [0.25, 0.3) is 0 Å². The molecule has 1 aliphatic carbocycles. The number of amides is 1. The van der Waals surface area contributed by atoms with Gasteiger partial charge in [-0.3, -0.25) is 9.59 Å². The second-order valence-corrected chi connectivity index (χ2v) is 7.33. The fraction of sp³-hybridized carbons (Fsp3) is 0.333. The monoisotopic (exact) mass is 388 g/mol. The van der Waals surface area contributed by atoms with Gasteiger partial charge in [-0.1, -0.05) is 30.3 Å². The molecule has 2 aliphatic rings. The number of carbonyl (C=O) groups is 1. The number of nitrogens with zero attached hydrogens (tertiary/aromatic N) is 2. The summed E-state index contributed by atoms with van der Waals surface area (Å²) in [6, 6.07) is 9.60. The van der Waals surface area contributed by atoms with Gasteiger partial charge in [0.15, 0.2) is 11.4 Å². The molecule has 1 fully saturated rings. The van der Waals surface area contributed by atoms with Crippen molar-refractivity contribution in [3.05, 3.63) is 62.5 Å². The van der Waals surface area contributed by atoms with Crippen LogP contribution in [-0.4, -0.2) is 28.0 Å². The predicted molar refractivity (Wildman–Crippen MR) is 93.2 cm³/mol. The molecular formula is C18H17BrN2O3. The lowest BCUT2D eigenvalue weighted by molar-refractivity contribution is 0.0611. The Bertz CT molecular complexity index is 872. The van der Waals surface area contributed by atoms with Crippen LogP contribution < -0.4 is 10.2 Å². The molecule has 0 unspecified atom stereocenters.